The van der Waals surface area contributed by atoms with Crippen molar-refractivity contribution >= 4 is 10.0 Å². The van der Waals surface area contributed by atoms with Crippen molar-refractivity contribution in [2.45, 2.75) is 43.7 Å². The zero-order chi connectivity index (χ0) is 11.9. The van der Waals surface area contributed by atoms with Gasteiger partial charge in [-0.3, -0.25) is 0 Å². The van der Waals surface area contributed by atoms with Gasteiger partial charge < -0.3 is 10.3 Å². The second kappa shape index (κ2) is 3.83. The molecule has 1 aliphatic carbocycles. The molecule has 0 bridgehead atoms. The summed E-state index contributed by atoms with van der Waals surface area (Å²) in [4.78, 5) is 0.146. The third-order valence-corrected chi connectivity index (χ3v) is 4.50. The summed E-state index contributed by atoms with van der Waals surface area (Å²) < 4.78 is 31.4. The molecule has 0 saturated heterocycles. The lowest BCUT2D eigenvalue weighted by Gasteiger charge is -2.32. The van der Waals surface area contributed by atoms with E-state index in [1.54, 1.807) is 13.8 Å². The Balaban J connectivity index is 2.19. The lowest BCUT2D eigenvalue weighted by Crippen LogP contribution is -2.50. The molecule has 1 saturated carbocycles. The lowest BCUT2D eigenvalue weighted by molar-refractivity contribution is 0.326. The summed E-state index contributed by atoms with van der Waals surface area (Å²) in [5.74, 6) is 0.314. The molecular weight excluding hydrogens is 230 g/mol. The minimum absolute atomic E-state index is 0.0614. The van der Waals surface area contributed by atoms with Crippen molar-refractivity contribution in [3.63, 3.8) is 0 Å². The molecule has 2 rings (SSSR count). The first-order chi connectivity index (χ1) is 7.40. The molecule has 0 aliphatic heterocycles. The van der Waals surface area contributed by atoms with Crippen molar-refractivity contribution in [3.8, 4) is 0 Å². The summed E-state index contributed by atoms with van der Waals surface area (Å²) in [6.45, 7) is 3.19. The second-order valence-corrected chi connectivity index (χ2v) is 5.85. The Bertz CT molecular complexity index is 469. The summed E-state index contributed by atoms with van der Waals surface area (Å²) in [5.41, 5.74) is 5.98. The van der Waals surface area contributed by atoms with Gasteiger partial charge in [-0.25, -0.2) is 13.1 Å². The number of rotatable bonds is 3. The number of aromatic nitrogens is 1. The normalized spacial score (nSPS) is 25.4. The van der Waals surface area contributed by atoms with Gasteiger partial charge in [0.15, 0.2) is 5.76 Å². The smallest absolute Gasteiger partial charge is 0.246 e. The SMILES string of the molecule is Cc1noc(C)c1S(=O)(=O)NC1CC(N)C1. The second-order valence-electron chi connectivity index (χ2n) is 4.20. The summed E-state index contributed by atoms with van der Waals surface area (Å²) in [6, 6.07) is 0.0473. The fourth-order valence-corrected chi connectivity index (χ4v) is 3.49. The van der Waals surface area contributed by atoms with E-state index in [9.17, 15) is 8.42 Å². The number of aryl methyl sites for hydroxylation is 2. The molecule has 1 aromatic rings. The number of nitrogens with zero attached hydrogens (tertiary/aromatic N) is 1. The Morgan fingerprint density at radius 3 is 2.50 bits per heavy atom. The van der Waals surface area contributed by atoms with E-state index >= 15 is 0 Å². The van der Waals surface area contributed by atoms with Gasteiger partial charge in [0.05, 0.1) is 0 Å². The van der Waals surface area contributed by atoms with Gasteiger partial charge >= 0.3 is 0 Å². The molecule has 90 valence electrons. The van der Waals surface area contributed by atoms with Crippen LogP contribution in [0.3, 0.4) is 0 Å². The van der Waals surface area contributed by atoms with Crippen molar-refractivity contribution in [1.82, 2.24) is 9.88 Å². The first kappa shape index (κ1) is 11.6. The Hall–Kier alpha value is -0.920. The van der Waals surface area contributed by atoms with Crippen LogP contribution in [0.4, 0.5) is 0 Å². The molecule has 1 aliphatic rings. The molecule has 16 heavy (non-hydrogen) atoms. The van der Waals surface area contributed by atoms with Gasteiger partial charge in [-0.15, -0.1) is 0 Å². The molecule has 1 aromatic heterocycles. The van der Waals surface area contributed by atoms with Crippen LogP contribution in [0.15, 0.2) is 9.42 Å². The maximum atomic E-state index is 12.0. The van der Waals surface area contributed by atoms with Crippen LogP contribution in [0, 0.1) is 13.8 Å². The Kier molecular flexibility index (Phi) is 2.77. The zero-order valence-electron chi connectivity index (χ0n) is 9.23. The summed E-state index contributed by atoms with van der Waals surface area (Å²) in [5, 5.41) is 3.63. The van der Waals surface area contributed by atoms with Gasteiger partial charge in [0.1, 0.15) is 10.6 Å². The molecular formula is C9H15N3O3S. The molecule has 7 heteroatoms. The molecule has 0 unspecified atom stereocenters. The van der Waals surface area contributed by atoms with E-state index in [2.05, 4.69) is 9.88 Å². The maximum absolute atomic E-state index is 12.0. The Morgan fingerprint density at radius 2 is 2.06 bits per heavy atom. The number of sulfonamides is 1. The van der Waals surface area contributed by atoms with Gasteiger partial charge in [-0.2, -0.15) is 0 Å². The minimum Gasteiger partial charge on any atom is -0.360 e. The molecule has 3 N–H and O–H groups in total. The molecule has 0 spiro atoms. The van der Waals surface area contributed by atoms with Crippen LogP contribution in [-0.4, -0.2) is 25.7 Å². The summed E-state index contributed by atoms with van der Waals surface area (Å²) in [6.07, 6.45) is 1.37. The minimum atomic E-state index is -3.52. The molecule has 1 fully saturated rings. The molecule has 6 nitrogen and oxygen atoms in total. The zero-order valence-corrected chi connectivity index (χ0v) is 10.0. The number of hydrogen-bond acceptors (Lipinski definition) is 5. The highest BCUT2D eigenvalue weighted by Crippen LogP contribution is 2.23. The van der Waals surface area contributed by atoms with Crippen LogP contribution in [0.1, 0.15) is 24.3 Å². The Morgan fingerprint density at radius 1 is 1.44 bits per heavy atom. The highest BCUT2D eigenvalue weighted by Gasteiger charge is 2.32. The first-order valence-corrected chi connectivity index (χ1v) is 6.59. The quantitative estimate of drug-likeness (QED) is 0.784. The average molecular weight is 245 g/mol. The van der Waals surface area contributed by atoms with Crippen LogP contribution < -0.4 is 10.5 Å². The molecule has 0 radical (unpaired) electrons. The molecule has 0 amide bonds. The third-order valence-electron chi connectivity index (χ3n) is 2.73. The maximum Gasteiger partial charge on any atom is 0.246 e. The van der Waals surface area contributed by atoms with Crippen LogP contribution in [0.25, 0.3) is 0 Å². The van der Waals surface area contributed by atoms with Gasteiger partial charge in [0, 0.05) is 12.1 Å². The van der Waals surface area contributed by atoms with Crippen LogP contribution in [-0.2, 0) is 10.0 Å². The first-order valence-electron chi connectivity index (χ1n) is 5.11. The van der Waals surface area contributed by atoms with E-state index in [4.69, 9.17) is 10.3 Å². The van der Waals surface area contributed by atoms with Crippen LogP contribution >= 0.6 is 0 Å². The van der Waals surface area contributed by atoms with Crippen LogP contribution in [0.2, 0.25) is 0 Å². The lowest BCUT2D eigenvalue weighted by atomic mass is 9.89. The van der Waals surface area contributed by atoms with Crippen molar-refractivity contribution in [3.05, 3.63) is 11.5 Å². The van der Waals surface area contributed by atoms with E-state index < -0.39 is 10.0 Å². The van der Waals surface area contributed by atoms with Crippen molar-refractivity contribution in [2.75, 3.05) is 0 Å². The topological polar surface area (TPSA) is 98.2 Å². The Labute approximate surface area is 94.2 Å². The van der Waals surface area contributed by atoms with E-state index in [-0.39, 0.29) is 17.0 Å². The highest BCUT2D eigenvalue weighted by atomic mass is 32.2. The van der Waals surface area contributed by atoms with Crippen LogP contribution in [0.5, 0.6) is 0 Å². The fraction of sp³-hybridized carbons (Fsp3) is 0.667. The van der Waals surface area contributed by atoms with Crippen molar-refractivity contribution in [2.24, 2.45) is 5.73 Å². The highest BCUT2D eigenvalue weighted by molar-refractivity contribution is 7.89. The third kappa shape index (κ3) is 1.98. The predicted octanol–water partition coefficient (Wildman–Crippen LogP) is 0.0594. The van der Waals surface area contributed by atoms with Crippen molar-refractivity contribution < 1.29 is 12.9 Å². The van der Waals surface area contributed by atoms with Gasteiger partial charge in [0.25, 0.3) is 0 Å². The molecule has 1 heterocycles. The number of nitrogens with two attached hydrogens (primary N) is 1. The summed E-state index contributed by atoms with van der Waals surface area (Å²) >= 11 is 0. The monoisotopic (exact) mass is 245 g/mol. The predicted molar refractivity (Wildman–Crippen MR) is 57.3 cm³/mol. The number of hydrogen-bond donors (Lipinski definition) is 2. The van der Waals surface area contributed by atoms with Gasteiger partial charge in [-0.05, 0) is 26.7 Å². The number of nitrogens with one attached hydrogen (secondary N) is 1. The summed E-state index contributed by atoms with van der Waals surface area (Å²) in [7, 11) is -3.52. The van der Waals surface area contributed by atoms with E-state index in [0.717, 1.165) is 0 Å². The fourth-order valence-electron chi connectivity index (χ4n) is 1.89. The van der Waals surface area contributed by atoms with E-state index in [0.29, 0.717) is 24.3 Å². The average Bonchev–Trinajstić information content (AvgIpc) is 2.43. The largest absolute Gasteiger partial charge is 0.360 e. The molecule has 0 aromatic carbocycles. The standard InChI is InChI=1S/C9H15N3O3S/c1-5-9(6(2)15-11-5)16(13,14)12-8-3-7(10)4-8/h7-8,12H,3-4,10H2,1-2H3. The van der Waals surface area contributed by atoms with Gasteiger partial charge in [-0.1, -0.05) is 5.16 Å². The van der Waals surface area contributed by atoms with Crippen molar-refractivity contribution in [1.29, 1.82) is 0 Å². The van der Waals surface area contributed by atoms with E-state index in [1.165, 1.54) is 0 Å². The molecule has 0 atom stereocenters. The van der Waals surface area contributed by atoms with Gasteiger partial charge in [0.2, 0.25) is 10.0 Å². The van der Waals surface area contributed by atoms with E-state index in [1.807, 2.05) is 0 Å².